The summed E-state index contributed by atoms with van der Waals surface area (Å²) in [6, 6.07) is 1.71. The molecule has 3 rings (SSSR count). The molecule has 3 aromatic heterocycles. The van der Waals surface area contributed by atoms with Gasteiger partial charge in [-0.3, -0.25) is 0 Å². The van der Waals surface area contributed by atoms with Crippen LogP contribution in [0.25, 0.3) is 11.6 Å². The van der Waals surface area contributed by atoms with Gasteiger partial charge in [-0.15, -0.1) is 0 Å². The molecule has 3 heterocycles. The van der Waals surface area contributed by atoms with E-state index in [1.165, 1.54) is 21.7 Å². The van der Waals surface area contributed by atoms with E-state index in [2.05, 4.69) is 20.2 Å². The summed E-state index contributed by atoms with van der Waals surface area (Å²) in [5.41, 5.74) is 6.19. The van der Waals surface area contributed by atoms with Crippen molar-refractivity contribution in [2.24, 2.45) is 0 Å². The minimum atomic E-state index is -1.18. The van der Waals surface area contributed by atoms with Gasteiger partial charge in [0.1, 0.15) is 6.33 Å². The second-order valence-corrected chi connectivity index (χ2v) is 3.91. The quantitative estimate of drug-likeness (QED) is 0.658. The highest BCUT2D eigenvalue weighted by atomic mass is 16.4. The number of carboxylic acids is 1. The Morgan fingerprint density at radius 3 is 2.95 bits per heavy atom. The number of aryl methyl sites for hydroxylation is 1. The van der Waals surface area contributed by atoms with E-state index < -0.39 is 5.97 Å². The molecule has 96 valence electrons. The van der Waals surface area contributed by atoms with Crippen molar-refractivity contribution in [3.05, 3.63) is 30.0 Å². The van der Waals surface area contributed by atoms with E-state index in [4.69, 9.17) is 10.8 Å². The van der Waals surface area contributed by atoms with Crippen molar-refractivity contribution in [2.75, 3.05) is 5.73 Å². The molecule has 9 heteroatoms. The van der Waals surface area contributed by atoms with Gasteiger partial charge in [0.15, 0.2) is 11.5 Å². The monoisotopic (exact) mass is 259 g/mol. The molecule has 0 aliphatic carbocycles. The summed E-state index contributed by atoms with van der Waals surface area (Å²) in [7, 11) is 0. The van der Waals surface area contributed by atoms with E-state index in [0.717, 1.165) is 0 Å². The lowest BCUT2D eigenvalue weighted by molar-refractivity contribution is 0.0691. The zero-order valence-electron chi connectivity index (χ0n) is 9.85. The maximum Gasteiger partial charge on any atom is 0.358 e. The van der Waals surface area contributed by atoms with Crippen LogP contribution in [-0.2, 0) is 0 Å². The number of nitrogens with two attached hydrogens (primary N) is 1. The zero-order chi connectivity index (χ0) is 13.6. The van der Waals surface area contributed by atoms with Crippen LogP contribution < -0.4 is 5.73 Å². The third kappa shape index (κ3) is 1.68. The van der Waals surface area contributed by atoms with Gasteiger partial charge < -0.3 is 10.8 Å². The number of carbonyl (C=O) groups is 1. The summed E-state index contributed by atoms with van der Waals surface area (Å²) >= 11 is 0. The Kier molecular flexibility index (Phi) is 2.21. The van der Waals surface area contributed by atoms with Gasteiger partial charge in [-0.25, -0.2) is 14.5 Å². The highest BCUT2D eigenvalue weighted by molar-refractivity contribution is 5.91. The fourth-order valence-corrected chi connectivity index (χ4v) is 1.75. The molecule has 9 nitrogen and oxygen atoms in total. The average Bonchev–Trinajstić information content (AvgIpc) is 2.93. The first-order valence-electron chi connectivity index (χ1n) is 5.32. The second-order valence-electron chi connectivity index (χ2n) is 3.91. The number of nitrogens with zero attached hydrogens (tertiary/aromatic N) is 6. The predicted octanol–water partition coefficient (Wildman–Crippen LogP) is -0.101. The minimum Gasteiger partial charge on any atom is -0.476 e. The first kappa shape index (κ1) is 11.1. The SMILES string of the molecule is Cc1cc(-n2cc(N)c(C(=O)O)n2)n2ncnc2n1. The smallest absolute Gasteiger partial charge is 0.358 e. The Labute approximate surface area is 106 Å². The van der Waals surface area contributed by atoms with E-state index >= 15 is 0 Å². The van der Waals surface area contributed by atoms with Gasteiger partial charge in [-0.05, 0) is 6.92 Å². The fourth-order valence-electron chi connectivity index (χ4n) is 1.75. The number of hydrogen-bond donors (Lipinski definition) is 2. The van der Waals surface area contributed by atoms with Gasteiger partial charge in [0.25, 0.3) is 5.78 Å². The molecule has 0 aromatic carbocycles. The van der Waals surface area contributed by atoms with Gasteiger partial charge >= 0.3 is 5.97 Å². The summed E-state index contributed by atoms with van der Waals surface area (Å²) in [6.45, 7) is 1.79. The Balaban J connectivity index is 2.26. The molecule has 3 N–H and O–H groups in total. The molecule has 0 aliphatic rings. The van der Waals surface area contributed by atoms with E-state index in [9.17, 15) is 4.79 Å². The highest BCUT2D eigenvalue weighted by Gasteiger charge is 2.16. The maximum absolute atomic E-state index is 10.9. The molecular formula is C10H9N7O2. The fraction of sp³-hybridized carbons (Fsp3) is 0.100. The molecule has 0 bridgehead atoms. The van der Waals surface area contributed by atoms with Crippen molar-refractivity contribution >= 4 is 17.4 Å². The van der Waals surface area contributed by atoms with Crippen molar-refractivity contribution < 1.29 is 9.90 Å². The number of aromatic carboxylic acids is 1. The van der Waals surface area contributed by atoms with Crippen molar-refractivity contribution in [1.29, 1.82) is 0 Å². The first-order valence-corrected chi connectivity index (χ1v) is 5.32. The lowest BCUT2D eigenvalue weighted by atomic mass is 10.4. The van der Waals surface area contributed by atoms with Crippen LogP contribution in [0.2, 0.25) is 0 Å². The summed E-state index contributed by atoms with van der Waals surface area (Å²) < 4.78 is 2.79. The number of nitrogen functional groups attached to an aromatic ring is 1. The molecular weight excluding hydrogens is 250 g/mol. The molecule has 3 aromatic rings. The molecule has 0 atom stereocenters. The third-order valence-corrected chi connectivity index (χ3v) is 2.54. The standard InChI is InChI=1S/C10H9N7O2/c1-5-2-7(17-10(14-5)12-4-13-17)16-3-6(11)8(15-16)9(18)19/h2-4H,11H2,1H3,(H,18,19). The highest BCUT2D eigenvalue weighted by Crippen LogP contribution is 2.15. The Morgan fingerprint density at radius 2 is 2.26 bits per heavy atom. The normalized spacial score (nSPS) is 11.0. The van der Waals surface area contributed by atoms with E-state index in [1.54, 1.807) is 13.0 Å². The molecule has 0 saturated heterocycles. The molecule has 0 aliphatic heterocycles. The number of carboxylic acid groups (broad SMARTS) is 1. The number of hydrogen-bond acceptors (Lipinski definition) is 6. The van der Waals surface area contributed by atoms with Crippen LogP contribution in [0.4, 0.5) is 5.69 Å². The summed E-state index contributed by atoms with van der Waals surface area (Å²) in [6.07, 6.45) is 2.77. The van der Waals surface area contributed by atoms with E-state index in [-0.39, 0.29) is 11.4 Å². The molecule has 19 heavy (non-hydrogen) atoms. The van der Waals surface area contributed by atoms with Crippen LogP contribution >= 0.6 is 0 Å². The van der Waals surface area contributed by atoms with Crippen molar-refractivity contribution in [3.63, 3.8) is 0 Å². The van der Waals surface area contributed by atoms with Crippen molar-refractivity contribution in [3.8, 4) is 5.82 Å². The summed E-state index contributed by atoms with van der Waals surface area (Å²) in [5, 5.41) is 16.9. The van der Waals surface area contributed by atoms with Crippen molar-refractivity contribution in [2.45, 2.75) is 6.92 Å². The maximum atomic E-state index is 10.9. The lowest BCUT2D eigenvalue weighted by Gasteiger charge is -2.04. The van der Waals surface area contributed by atoms with Crippen LogP contribution in [0.5, 0.6) is 0 Å². The van der Waals surface area contributed by atoms with Gasteiger partial charge in [0, 0.05) is 11.8 Å². The topological polar surface area (TPSA) is 124 Å². The minimum absolute atomic E-state index is 0.0789. The molecule has 0 amide bonds. The van der Waals surface area contributed by atoms with Crippen LogP contribution in [0.3, 0.4) is 0 Å². The number of aromatic nitrogens is 6. The Morgan fingerprint density at radius 1 is 1.47 bits per heavy atom. The van der Waals surface area contributed by atoms with Gasteiger partial charge in [-0.1, -0.05) is 0 Å². The Hall–Kier alpha value is -2.97. The zero-order valence-corrected chi connectivity index (χ0v) is 9.85. The van der Waals surface area contributed by atoms with Gasteiger partial charge in [-0.2, -0.15) is 19.7 Å². The molecule has 0 fully saturated rings. The molecule has 0 unspecified atom stereocenters. The number of fused-ring (bicyclic) bond motifs is 1. The Bertz CT molecular complexity index is 788. The molecule has 0 radical (unpaired) electrons. The third-order valence-electron chi connectivity index (χ3n) is 2.54. The summed E-state index contributed by atoms with van der Waals surface area (Å²) in [4.78, 5) is 19.1. The van der Waals surface area contributed by atoms with E-state index in [0.29, 0.717) is 17.3 Å². The molecule has 0 spiro atoms. The van der Waals surface area contributed by atoms with Crippen LogP contribution in [-0.4, -0.2) is 40.4 Å². The van der Waals surface area contributed by atoms with Crippen LogP contribution in [0.1, 0.15) is 16.2 Å². The van der Waals surface area contributed by atoms with Crippen molar-refractivity contribution in [1.82, 2.24) is 29.4 Å². The predicted molar refractivity (Wildman–Crippen MR) is 64.0 cm³/mol. The summed E-state index contributed by atoms with van der Waals surface area (Å²) in [5.74, 6) is -0.267. The number of anilines is 1. The van der Waals surface area contributed by atoms with Gasteiger partial charge in [0.05, 0.1) is 11.9 Å². The lowest BCUT2D eigenvalue weighted by Crippen LogP contribution is -2.08. The largest absolute Gasteiger partial charge is 0.476 e. The first-order chi connectivity index (χ1) is 9.06. The van der Waals surface area contributed by atoms with E-state index in [1.807, 2.05) is 0 Å². The average molecular weight is 259 g/mol. The molecule has 0 saturated carbocycles. The van der Waals surface area contributed by atoms with Crippen LogP contribution in [0.15, 0.2) is 18.6 Å². The number of rotatable bonds is 2. The van der Waals surface area contributed by atoms with Crippen LogP contribution in [0, 0.1) is 6.92 Å². The van der Waals surface area contributed by atoms with Gasteiger partial charge in [0.2, 0.25) is 0 Å². The second kappa shape index (κ2) is 3.77.